The summed E-state index contributed by atoms with van der Waals surface area (Å²) in [4.78, 5) is 15.9. The highest BCUT2D eigenvalue weighted by molar-refractivity contribution is 5.48. The Hall–Kier alpha value is -2.68. The summed E-state index contributed by atoms with van der Waals surface area (Å²) in [5.74, 6) is 0. The van der Waals surface area contributed by atoms with Crippen molar-refractivity contribution in [2.24, 2.45) is 0 Å². The van der Waals surface area contributed by atoms with Crippen LogP contribution in [0.15, 0.2) is 29.2 Å². The molecule has 0 spiro atoms. The second kappa shape index (κ2) is 5.13. The van der Waals surface area contributed by atoms with Crippen LogP contribution in [0.4, 0.5) is 5.69 Å². The van der Waals surface area contributed by atoms with Crippen LogP contribution in [0.3, 0.4) is 0 Å². The molecule has 1 aliphatic heterocycles. The normalized spacial score (nSPS) is 13.2. The van der Waals surface area contributed by atoms with Crippen molar-refractivity contribution in [2.45, 2.75) is 19.4 Å². The third-order valence-corrected chi connectivity index (χ3v) is 3.25. The summed E-state index contributed by atoms with van der Waals surface area (Å²) in [5, 5.41) is 16.4. The van der Waals surface area contributed by atoms with Crippen LogP contribution in [0.2, 0.25) is 0 Å². The second-order valence-corrected chi connectivity index (χ2v) is 4.69. The van der Waals surface area contributed by atoms with E-state index in [9.17, 15) is 4.79 Å². The minimum absolute atomic E-state index is 0.145. The quantitative estimate of drug-likeness (QED) is 0.874. The molecular weight excluding hydrogens is 254 g/mol. The first-order valence-corrected chi connectivity index (χ1v) is 6.46. The molecule has 1 aliphatic rings. The fourth-order valence-corrected chi connectivity index (χ4v) is 2.27. The lowest BCUT2D eigenvalue weighted by Crippen LogP contribution is -2.27. The molecule has 0 aromatic carbocycles. The van der Waals surface area contributed by atoms with E-state index in [1.807, 2.05) is 6.07 Å². The Balaban J connectivity index is 1.94. The van der Waals surface area contributed by atoms with Gasteiger partial charge in [0.25, 0.3) is 5.56 Å². The van der Waals surface area contributed by atoms with Crippen molar-refractivity contribution in [2.75, 3.05) is 11.9 Å². The van der Waals surface area contributed by atoms with Gasteiger partial charge >= 0.3 is 0 Å². The predicted octanol–water partition coefficient (Wildman–Crippen LogP) is 0.916. The number of hydrogen-bond acceptors (Lipinski definition) is 5. The standard InChI is InChI=1S/C14H13N5O/c15-8-11-6-10(3-5-16-11)9-19-14(20)7-13-12(18-19)2-1-4-17-13/h3,5-7,17H,1-2,4,9H2. The highest BCUT2D eigenvalue weighted by Gasteiger charge is 2.12. The van der Waals surface area contributed by atoms with Crippen LogP contribution < -0.4 is 10.9 Å². The van der Waals surface area contributed by atoms with E-state index >= 15 is 0 Å². The lowest BCUT2D eigenvalue weighted by atomic mass is 10.1. The molecular formula is C14H13N5O. The van der Waals surface area contributed by atoms with Gasteiger partial charge in [-0.15, -0.1) is 0 Å². The number of anilines is 1. The number of aromatic nitrogens is 3. The first kappa shape index (κ1) is 12.4. The molecule has 0 unspecified atom stereocenters. The number of nitriles is 1. The van der Waals surface area contributed by atoms with Gasteiger partial charge in [-0.1, -0.05) is 0 Å². The van der Waals surface area contributed by atoms with E-state index in [0.29, 0.717) is 12.2 Å². The molecule has 0 radical (unpaired) electrons. The summed E-state index contributed by atoms with van der Waals surface area (Å²) in [5.41, 5.74) is 2.80. The number of nitrogens with one attached hydrogen (secondary N) is 1. The van der Waals surface area contributed by atoms with Crippen LogP contribution in [0.25, 0.3) is 0 Å². The number of pyridine rings is 1. The van der Waals surface area contributed by atoms with Crippen molar-refractivity contribution < 1.29 is 0 Å². The molecule has 0 aliphatic carbocycles. The Morgan fingerprint density at radius 1 is 1.45 bits per heavy atom. The van der Waals surface area contributed by atoms with E-state index < -0.39 is 0 Å². The SMILES string of the molecule is N#Cc1cc(Cn2nc3c(cc2=O)NCCC3)ccn1. The van der Waals surface area contributed by atoms with E-state index in [-0.39, 0.29) is 5.56 Å². The predicted molar refractivity (Wildman–Crippen MR) is 73.4 cm³/mol. The molecule has 20 heavy (non-hydrogen) atoms. The largest absolute Gasteiger partial charge is 0.383 e. The molecule has 0 saturated carbocycles. The lowest BCUT2D eigenvalue weighted by Gasteiger charge is -2.17. The van der Waals surface area contributed by atoms with E-state index in [0.717, 1.165) is 36.3 Å². The van der Waals surface area contributed by atoms with Crippen molar-refractivity contribution in [3.05, 3.63) is 51.7 Å². The number of aryl methyl sites for hydroxylation is 1. The van der Waals surface area contributed by atoms with Crippen LogP contribution in [-0.4, -0.2) is 21.3 Å². The summed E-state index contributed by atoms with van der Waals surface area (Å²) >= 11 is 0. The maximum Gasteiger partial charge on any atom is 0.269 e. The molecule has 6 heteroatoms. The van der Waals surface area contributed by atoms with Crippen LogP contribution in [-0.2, 0) is 13.0 Å². The van der Waals surface area contributed by atoms with Crippen molar-refractivity contribution >= 4 is 5.69 Å². The highest BCUT2D eigenvalue weighted by atomic mass is 16.1. The molecule has 3 rings (SSSR count). The third-order valence-electron chi connectivity index (χ3n) is 3.25. The Morgan fingerprint density at radius 3 is 3.20 bits per heavy atom. The zero-order valence-electron chi connectivity index (χ0n) is 10.8. The average molecular weight is 267 g/mol. The maximum absolute atomic E-state index is 12.0. The Kier molecular flexibility index (Phi) is 3.17. The van der Waals surface area contributed by atoms with Gasteiger partial charge in [-0.2, -0.15) is 10.4 Å². The van der Waals surface area contributed by atoms with Crippen molar-refractivity contribution in [3.8, 4) is 6.07 Å². The molecule has 2 aromatic rings. The van der Waals surface area contributed by atoms with Crippen LogP contribution >= 0.6 is 0 Å². The highest BCUT2D eigenvalue weighted by Crippen LogP contribution is 2.16. The first-order chi connectivity index (χ1) is 9.76. The summed E-state index contributed by atoms with van der Waals surface area (Å²) in [6.45, 7) is 1.23. The third kappa shape index (κ3) is 2.38. The van der Waals surface area contributed by atoms with Gasteiger partial charge < -0.3 is 5.32 Å². The van der Waals surface area contributed by atoms with Gasteiger partial charge in [-0.3, -0.25) is 4.79 Å². The summed E-state index contributed by atoms with van der Waals surface area (Å²) in [6.07, 6.45) is 3.47. The van der Waals surface area contributed by atoms with Crippen LogP contribution in [0, 0.1) is 11.3 Å². The number of rotatable bonds is 2. The van der Waals surface area contributed by atoms with Crippen molar-refractivity contribution in [3.63, 3.8) is 0 Å². The van der Waals surface area contributed by atoms with Gasteiger partial charge in [-0.05, 0) is 30.5 Å². The topological polar surface area (TPSA) is 83.6 Å². The van der Waals surface area contributed by atoms with E-state index in [4.69, 9.17) is 5.26 Å². The van der Waals surface area contributed by atoms with E-state index in [2.05, 4.69) is 15.4 Å². The van der Waals surface area contributed by atoms with Gasteiger partial charge in [0, 0.05) is 18.8 Å². The first-order valence-electron chi connectivity index (χ1n) is 6.46. The van der Waals surface area contributed by atoms with Crippen LogP contribution in [0.5, 0.6) is 0 Å². The molecule has 6 nitrogen and oxygen atoms in total. The zero-order valence-corrected chi connectivity index (χ0v) is 10.8. The molecule has 0 saturated heterocycles. The minimum Gasteiger partial charge on any atom is -0.383 e. The molecule has 2 aromatic heterocycles. The van der Waals surface area contributed by atoms with Crippen LogP contribution in [0.1, 0.15) is 23.4 Å². The molecule has 0 atom stereocenters. The van der Waals surface area contributed by atoms with Gasteiger partial charge in [0.05, 0.1) is 17.9 Å². The molecule has 100 valence electrons. The smallest absolute Gasteiger partial charge is 0.269 e. The maximum atomic E-state index is 12.0. The Morgan fingerprint density at radius 2 is 2.35 bits per heavy atom. The Labute approximate surface area is 115 Å². The van der Waals surface area contributed by atoms with Gasteiger partial charge in [0.15, 0.2) is 0 Å². The van der Waals surface area contributed by atoms with Crippen molar-refractivity contribution in [1.82, 2.24) is 14.8 Å². The number of fused-ring (bicyclic) bond motifs is 1. The number of hydrogen-bond donors (Lipinski definition) is 1. The molecule has 0 amide bonds. The minimum atomic E-state index is -0.145. The summed E-state index contributed by atoms with van der Waals surface area (Å²) in [6, 6.07) is 7.04. The number of nitrogens with zero attached hydrogens (tertiary/aromatic N) is 4. The summed E-state index contributed by atoms with van der Waals surface area (Å²) < 4.78 is 1.43. The molecule has 1 N–H and O–H groups in total. The molecule has 3 heterocycles. The van der Waals surface area contributed by atoms with Gasteiger partial charge in [0.1, 0.15) is 11.8 Å². The van der Waals surface area contributed by atoms with Crippen molar-refractivity contribution in [1.29, 1.82) is 5.26 Å². The lowest BCUT2D eigenvalue weighted by molar-refractivity contribution is 0.607. The average Bonchev–Trinajstić information content (AvgIpc) is 2.48. The fourth-order valence-electron chi connectivity index (χ4n) is 2.27. The van der Waals surface area contributed by atoms with E-state index in [1.165, 1.54) is 4.68 Å². The fraction of sp³-hybridized carbons (Fsp3) is 0.286. The monoisotopic (exact) mass is 267 g/mol. The molecule has 0 fully saturated rings. The zero-order chi connectivity index (χ0) is 13.9. The molecule has 0 bridgehead atoms. The van der Waals surface area contributed by atoms with Gasteiger partial charge in [-0.25, -0.2) is 9.67 Å². The Bertz CT molecular complexity index is 744. The van der Waals surface area contributed by atoms with E-state index in [1.54, 1.807) is 24.4 Å². The summed E-state index contributed by atoms with van der Waals surface area (Å²) in [7, 11) is 0. The van der Waals surface area contributed by atoms with Gasteiger partial charge in [0.2, 0.25) is 0 Å². The second-order valence-electron chi connectivity index (χ2n) is 4.69.